The Morgan fingerprint density at radius 3 is 2.60 bits per heavy atom. The van der Waals surface area contributed by atoms with Gasteiger partial charge in [-0.25, -0.2) is 0 Å². The third kappa shape index (κ3) is 2.19. The number of methoxy groups -OCH3 is 1. The van der Waals surface area contributed by atoms with Gasteiger partial charge in [0.1, 0.15) is 5.76 Å². The first-order chi connectivity index (χ1) is 6.89. The molecule has 1 aliphatic rings. The Hall–Kier alpha value is -1.32. The zero-order valence-electron chi connectivity index (χ0n) is 9.33. The number of hydrogen-bond acceptors (Lipinski definition) is 4. The van der Waals surface area contributed by atoms with Gasteiger partial charge in [-0.05, 0) is 6.42 Å². The van der Waals surface area contributed by atoms with E-state index in [1.54, 1.807) is 0 Å². The highest BCUT2D eigenvalue weighted by Crippen LogP contribution is 2.44. The Balaban J connectivity index is 2.65. The van der Waals surface area contributed by atoms with Crippen LogP contribution in [0.25, 0.3) is 0 Å². The van der Waals surface area contributed by atoms with Crippen molar-refractivity contribution in [3.8, 4) is 0 Å². The van der Waals surface area contributed by atoms with E-state index in [1.165, 1.54) is 7.11 Å². The molecular formula is C11H16O4. The highest BCUT2D eigenvalue weighted by molar-refractivity contribution is 5.79. The molecule has 1 saturated heterocycles. The highest BCUT2D eigenvalue weighted by atomic mass is 16.5. The smallest absolute Gasteiger partial charge is 0.315 e. The van der Waals surface area contributed by atoms with Gasteiger partial charge < -0.3 is 9.47 Å². The van der Waals surface area contributed by atoms with Gasteiger partial charge in [-0.1, -0.05) is 20.4 Å². The molecule has 1 heterocycles. The summed E-state index contributed by atoms with van der Waals surface area (Å²) >= 11 is 0. The van der Waals surface area contributed by atoms with Crippen LogP contribution in [0.2, 0.25) is 0 Å². The molecule has 1 atom stereocenters. The van der Waals surface area contributed by atoms with Crippen LogP contribution in [0.1, 0.15) is 26.7 Å². The number of carbonyl (C=O) groups is 2. The summed E-state index contributed by atoms with van der Waals surface area (Å²) in [4.78, 5) is 22.4. The molecule has 0 bridgehead atoms. The number of cyclic esters (lactones) is 1. The molecule has 1 fully saturated rings. The van der Waals surface area contributed by atoms with Crippen molar-refractivity contribution in [1.82, 2.24) is 0 Å². The van der Waals surface area contributed by atoms with Crippen molar-refractivity contribution in [3.63, 3.8) is 0 Å². The Labute approximate surface area is 89.2 Å². The maximum atomic E-state index is 11.5. The fraction of sp³-hybridized carbons (Fsp3) is 0.636. The lowest BCUT2D eigenvalue weighted by atomic mass is 9.77. The Kier molecular flexibility index (Phi) is 3.17. The standard InChI is InChI=1S/C11H16O4/c1-7-11(2,3)8(10(13)15-7)5-6-9(12)14-4/h8H,1,5-6H2,2-4H3/t8-/m1/s1. The van der Waals surface area contributed by atoms with Crippen LogP contribution in [0.5, 0.6) is 0 Å². The molecule has 0 aliphatic carbocycles. The van der Waals surface area contributed by atoms with E-state index >= 15 is 0 Å². The minimum absolute atomic E-state index is 0.229. The summed E-state index contributed by atoms with van der Waals surface area (Å²) < 4.78 is 9.50. The predicted octanol–water partition coefficient (Wildman–Crippen LogP) is 1.65. The van der Waals surface area contributed by atoms with E-state index in [4.69, 9.17) is 4.74 Å². The lowest BCUT2D eigenvalue weighted by Gasteiger charge is -2.21. The van der Waals surface area contributed by atoms with Crippen molar-refractivity contribution in [2.24, 2.45) is 11.3 Å². The molecule has 0 aromatic rings. The maximum absolute atomic E-state index is 11.5. The predicted molar refractivity (Wildman–Crippen MR) is 53.8 cm³/mol. The number of allylic oxidation sites excluding steroid dienone is 1. The van der Waals surface area contributed by atoms with E-state index in [-0.39, 0.29) is 24.3 Å². The summed E-state index contributed by atoms with van der Waals surface area (Å²) in [5, 5.41) is 0. The molecule has 0 radical (unpaired) electrons. The van der Waals surface area contributed by atoms with Crippen LogP contribution in [0.3, 0.4) is 0 Å². The topological polar surface area (TPSA) is 52.6 Å². The SMILES string of the molecule is C=C1OC(=O)[C@@H](CCC(=O)OC)C1(C)C. The molecule has 0 amide bonds. The van der Waals surface area contributed by atoms with E-state index in [0.717, 1.165) is 0 Å². The lowest BCUT2D eigenvalue weighted by Crippen LogP contribution is -2.24. The Morgan fingerprint density at radius 1 is 1.60 bits per heavy atom. The Morgan fingerprint density at radius 2 is 2.20 bits per heavy atom. The maximum Gasteiger partial charge on any atom is 0.315 e. The summed E-state index contributed by atoms with van der Waals surface area (Å²) in [6.45, 7) is 7.48. The summed E-state index contributed by atoms with van der Waals surface area (Å²) in [5.41, 5.74) is -0.398. The van der Waals surface area contributed by atoms with Crippen LogP contribution >= 0.6 is 0 Å². The minimum Gasteiger partial charge on any atom is -0.469 e. The van der Waals surface area contributed by atoms with Crippen LogP contribution < -0.4 is 0 Å². The normalized spacial score (nSPS) is 23.8. The van der Waals surface area contributed by atoms with Gasteiger partial charge >= 0.3 is 11.9 Å². The van der Waals surface area contributed by atoms with Gasteiger partial charge in [0.25, 0.3) is 0 Å². The van der Waals surface area contributed by atoms with Gasteiger partial charge in [-0.15, -0.1) is 0 Å². The van der Waals surface area contributed by atoms with E-state index in [9.17, 15) is 9.59 Å². The molecular weight excluding hydrogens is 196 g/mol. The van der Waals surface area contributed by atoms with Gasteiger partial charge in [-0.3, -0.25) is 9.59 Å². The van der Waals surface area contributed by atoms with E-state index < -0.39 is 5.41 Å². The van der Waals surface area contributed by atoms with Crippen molar-refractivity contribution < 1.29 is 19.1 Å². The first kappa shape index (κ1) is 11.8. The molecule has 0 aromatic heterocycles. The summed E-state index contributed by atoms with van der Waals surface area (Å²) in [6, 6.07) is 0. The zero-order valence-corrected chi connectivity index (χ0v) is 9.33. The van der Waals surface area contributed by atoms with Crippen LogP contribution in [0.4, 0.5) is 0 Å². The molecule has 0 saturated carbocycles. The molecule has 84 valence electrons. The lowest BCUT2D eigenvalue weighted by molar-refractivity contribution is -0.142. The highest BCUT2D eigenvalue weighted by Gasteiger charge is 2.46. The summed E-state index contributed by atoms with van der Waals surface area (Å²) in [5.74, 6) is -0.434. The molecule has 1 aliphatic heterocycles. The van der Waals surface area contributed by atoms with Gasteiger partial charge in [0.2, 0.25) is 0 Å². The van der Waals surface area contributed by atoms with Gasteiger partial charge in [0.15, 0.2) is 0 Å². The monoisotopic (exact) mass is 212 g/mol. The molecule has 1 rings (SSSR count). The van der Waals surface area contributed by atoms with Crippen LogP contribution in [0.15, 0.2) is 12.3 Å². The first-order valence-corrected chi connectivity index (χ1v) is 4.87. The second-order valence-corrected chi connectivity index (χ2v) is 4.23. The van der Waals surface area contributed by atoms with Crippen LogP contribution in [-0.2, 0) is 19.1 Å². The number of ether oxygens (including phenoxy) is 2. The Bertz CT molecular complexity index is 304. The summed E-state index contributed by atoms with van der Waals surface area (Å²) in [6.07, 6.45) is 0.671. The van der Waals surface area contributed by atoms with Crippen molar-refractivity contribution in [2.45, 2.75) is 26.7 Å². The zero-order chi connectivity index (χ0) is 11.6. The molecule has 0 N–H and O–H groups in total. The molecule has 4 nitrogen and oxygen atoms in total. The third-order valence-corrected chi connectivity index (χ3v) is 2.96. The summed E-state index contributed by atoms with van der Waals surface area (Å²) in [7, 11) is 1.33. The molecule has 0 spiro atoms. The average molecular weight is 212 g/mol. The fourth-order valence-electron chi connectivity index (χ4n) is 1.66. The second kappa shape index (κ2) is 4.04. The van der Waals surface area contributed by atoms with Crippen molar-refractivity contribution >= 4 is 11.9 Å². The number of carbonyl (C=O) groups excluding carboxylic acids is 2. The van der Waals surface area contributed by atoms with Gasteiger partial charge in [-0.2, -0.15) is 0 Å². The van der Waals surface area contributed by atoms with Crippen LogP contribution in [-0.4, -0.2) is 19.0 Å². The van der Waals surface area contributed by atoms with E-state index in [2.05, 4.69) is 11.3 Å². The number of rotatable bonds is 3. The average Bonchev–Trinajstić information content (AvgIpc) is 2.34. The van der Waals surface area contributed by atoms with Gasteiger partial charge in [0.05, 0.1) is 13.0 Å². The molecule has 0 aromatic carbocycles. The first-order valence-electron chi connectivity index (χ1n) is 4.87. The van der Waals surface area contributed by atoms with Gasteiger partial charge in [0, 0.05) is 11.8 Å². The molecule has 0 unspecified atom stereocenters. The molecule has 4 heteroatoms. The van der Waals surface area contributed by atoms with E-state index in [1.807, 2.05) is 13.8 Å². The largest absolute Gasteiger partial charge is 0.469 e. The number of hydrogen-bond donors (Lipinski definition) is 0. The minimum atomic E-state index is -0.398. The van der Waals surface area contributed by atoms with Crippen molar-refractivity contribution in [2.75, 3.05) is 7.11 Å². The van der Waals surface area contributed by atoms with E-state index in [0.29, 0.717) is 12.2 Å². The van der Waals surface area contributed by atoms with Crippen molar-refractivity contribution in [1.29, 1.82) is 0 Å². The quantitative estimate of drug-likeness (QED) is 0.667. The van der Waals surface area contributed by atoms with Crippen molar-refractivity contribution in [3.05, 3.63) is 12.3 Å². The molecule has 15 heavy (non-hydrogen) atoms. The fourth-order valence-corrected chi connectivity index (χ4v) is 1.66. The third-order valence-electron chi connectivity index (χ3n) is 2.96. The second-order valence-electron chi connectivity index (χ2n) is 4.23. The van der Waals surface area contributed by atoms with Crippen LogP contribution in [0, 0.1) is 11.3 Å². The number of esters is 2.